The molecule has 0 aliphatic rings. The highest BCUT2D eigenvalue weighted by molar-refractivity contribution is 7.18. The van der Waals surface area contributed by atoms with E-state index in [1.807, 2.05) is 45.9 Å². The highest BCUT2D eigenvalue weighted by Gasteiger charge is 2.22. The lowest BCUT2D eigenvalue weighted by atomic mass is 10.1. The van der Waals surface area contributed by atoms with E-state index in [0.717, 1.165) is 16.0 Å². The van der Waals surface area contributed by atoms with Gasteiger partial charge >= 0.3 is 5.97 Å². The van der Waals surface area contributed by atoms with Gasteiger partial charge in [-0.2, -0.15) is 0 Å². The molecule has 0 radical (unpaired) electrons. The van der Waals surface area contributed by atoms with Crippen LogP contribution in [0.1, 0.15) is 36.0 Å². The number of benzene rings is 1. The third kappa shape index (κ3) is 3.77. The highest BCUT2D eigenvalue weighted by atomic mass is 35.5. The minimum atomic E-state index is -0.546. The maximum atomic E-state index is 12.1. The van der Waals surface area contributed by atoms with Gasteiger partial charge in [0.15, 0.2) is 0 Å². The summed E-state index contributed by atoms with van der Waals surface area (Å²) in [6, 6.07) is 7.56. The summed E-state index contributed by atoms with van der Waals surface area (Å²) in [4.78, 5) is 13.4. The molecule has 2 rings (SSSR count). The molecule has 0 amide bonds. The van der Waals surface area contributed by atoms with Gasteiger partial charge in [-0.15, -0.1) is 11.3 Å². The molecular formula is C16H18ClNO2S. The van der Waals surface area contributed by atoms with E-state index in [-0.39, 0.29) is 0 Å². The molecular weight excluding hydrogens is 306 g/mol. The molecule has 0 aliphatic heterocycles. The zero-order chi connectivity index (χ0) is 15.8. The van der Waals surface area contributed by atoms with Crippen LogP contribution in [0, 0.1) is 6.92 Å². The number of aryl methyl sites for hydroxylation is 1. The van der Waals surface area contributed by atoms with Crippen LogP contribution in [0.3, 0.4) is 0 Å². The lowest BCUT2D eigenvalue weighted by Gasteiger charge is -2.18. The Kier molecular flexibility index (Phi) is 4.30. The Hall–Kier alpha value is -1.52. The van der Waals surface area contributed by atoms with Gasteiger partial charge < -0.3 is 10.5 Å². The van der Waals surface area contributed by atoms with Crippen molar-refractivity contribution in [3.05, 3.63) is 39.7 Å². The van der Waals surface area contributed by atoms with Gasteiger partial charge in [0.05, 0.1) is 5.69 Å². The van der Waals surface area contributed by atoms with Crippen LogP contribution < -0.4 is 5.73 Å². The van der Waals surface area contributed by atoms with Crippen LogP contribution in [-0.2, 0) is 4.74 Å². The van der Waals surface area contributed by atoms with Gasteiger partial charge in [0.1, 0.15) is 10.5 Å². The molecule has 0 atom stereocenters. The fourth-order valence-corrected chi connectivity index (χ4v) is 3.23. The van der Waals surface area contributed by atoms with Crippen molar-refractivity contribution < 1.29 is 9.53 Å². The molecule has 112 valence electrons. The number of halogens is 1. The van der Waals surface area contributed by atoms with Crippen LogP contribution >= 0.6 is 22.9 Å². The molecule has 0 unspecified atom stereocenters. The molecule has 1 aromatic heterocycles. The average molecular weight is 324 g/mol. The molecule has 0 saturated heterocycles. The van der Waals surface area contributed by atoms with E-state index in [1.54, 1.807) is 6.07 Å². The second kappa shape index (κ2) is 5.70. The summed E-state index contributed by atoms with van der Waals surface area (Å²) in [7, 11) is 0. The minimum Gasteiger partial charge on any atom is -0.456 e. The second-order valence-corrected chi connectivity index (χ2v) is 7.34. The Balaban J connectivity index is 2.37. The number of ether oxygens (including phenoxy) is 1. The maximum Gasteiger partial charge on any atom is 0.350 e. The first-order valence-electron chi connectivity index (χ1n) is 6.56. The summed E-state index contributed by atoms with van der Waals surface area (Å²) in [5.74, 6) is -0.403. The smallest absolute Gasteiger partial charge is 0.350 e. The number of carbonyl (C=O) groups is 1. The number of hydrogen-bond donors (Lipinski definition) is 1. The number of anilines is 1. The Morgan fingerprint density at radius 1 is 1.29 bits per heavy atom. The minimum absolute atomic E-state index is 0.403. The number of carbonyl (C=O) groups excluding carboxylic acids is 1. The Bertz CT molecular complexity index is 686. The predicted octanol–water partition coefficient (Wildman–Crippen LogP) is 4.91. The molecule has 0 bridgehead atoms. The largest absolute Gasteiger partial charge is 0.456 e. The van der Waals surface area contributed by atoms with E-state index in [0.29, 0.717) is 15.6 Å². The molecule has 0 spiro atoms. The average Bonchev–Trinajstić information content (AvgIpc) is 2.68. The first-order chi connectivity index (χ1) is 9.67. The molecule has 2 aromatic rings. The van der Waals surface area contributed by atoms with E-state index >= 15 is 0 Å². The van der Waals surface area contributed by atoms with Gasteiger partial charge in [-0.1, -0.05) is 23.7 Å². The second-order valence-electron chi connectivity index (χ2n) is 5.88. The SMILES string of the molecule is Cc1ccc(-c2cc(N)c(C(=O)OC(C)(C)C)s2)c(Cl)c1. The summed E-state index contributed by atoms with van der Waals surface area (Å²) in [5.41, 5.74) is 7.77. The van der Waals surface area contributed by atoms with Crippen molar-refractivity contribution in [2.75, 3.05) is 5.73 Å². The van der Waals surface area contributed by atoms with Crippen molar-refractivity contribution in [1.29, 1.82) is 0 Å². The highest BCUT2D eigenvalue weighted by Crippen LogP contribution is 2.38. The molecule has 3 nitrogen and oxygen atoms in total. The van der Waals surface area contributed by atoms with Crippen molar-refractivity contribution in [1.82, 2.24) is 0 Å². The van der Waals surface area contributed by atoms with Crippen molar-refractivity contribution in [2.24, 2.45) is 0 Å². The van der Waals surface area contributed by atoms with Gasteiger partial charge in [-0.3, -0.25) is 0 Å². The maximum absolute atomic E-state index is 12.1. The van der Waals surface area contributed by atoms with Gasteiger partial charge in [0.2, 0.25) is 0 Å². The molecule has 0 aliphatic carbocycles. The number of rotatable bonds is 2. The molecule has 5 heteroatoms. The van der Waals surface area contributed by atoms with Crippen LogP contribution in [0.25, 0.3) is 10.4 Å². The third-order valence-corrected chi connectivity index (χ3v) is 4.21. The van der Waals surface area contributed by atoms with E-state index in [1.165, 1.54) is 11.3 Å². The first kappa shape index (κ1) is 15.9. The van der Waals surface area contributed by atoms with Crippen LogP contribution in [0.4, 0.5) is 5.69 Å². The summed E-state index contributed by atoms with van der Waals surface area (Å²) >= 11 is 7.56. The molecule has 1 heterocycles. The lowest BCUT2D eigenvalue weighted by molar-refractivity contribution is 0.00764. The number of nitrogens with two attached hydrogens (primary N) is 1. The summed E-state index contributed by atoms with van der Waals surface area (Å²) in [5, 5.41) is 0.645. The number of nitrogen functional groups attached to an aromatic ring is 1. The monoisotopic (exact) mass is 323 g/mol. The predicted molar refractivity (Wildman–Crippen MR) is 89.1 cm³/mol. The topological polar surface area (TPSA) is 52.3 Å². The summed E-state index contributed by atoms with van der Waals surface area (Å²) < 4.78 is 5.36. The van der Waals surface area contributed by atoms with Crippen molar-refractivity contribution in [3.63, 3.8) is 0 Å². The van der Waals surface area contributed by atoms with Gasteiger partial charge in [0.25, 0.3) is 0 Å². The number of esters is 1. The van der Waals surface area contributed by atoms with Gasteiger partial charge in [-0.25, -0.2) is 4.79 Å². The Morgan fingerprint density at radius 2 is 1.95 bits per heavy atom. The lowest BCUT2D eigenvalue weighted by Crippen LogP contribution is -2.23. The molecule has 1 aromatic carbocycles. The molecule has 21 heavy (non-hydrogen) atoms. The van der Waals surface area contributed by atoms with Crippen LogP contribution in [-0.4, -0.2) is 11.6 Å². The van der Waals surface area contributed by atoms with Crippen molar-refractivity contribution in [3.8, 4) is 10.4 Å². The zero-order valence-corrected chi connectivity index (χ0v) is 14.1. The number of hydrogen-bond acceptors (Lipinski definition) is 4. The quantitative estimate of drug-likeness (QED) is 0.798. The zero-order valence-electron chi connectivity index (χ0n) is 12.5. The molecule has 2 N–H and O–H groups in total. The van der Waals surface area contributed by atoms with E-state index in [9.17, 15) is 4.79 Å². The van der Waals surface area contributed by atoms with Crippen molar-refractivity contribution >= 4 is 34.6 Å². The van der Waals surface area contributed by atoms with E-state index < -0.39 is 11.6 Å². The Morgan fingerprint density at radius 3 is 2.52 bits per heavy atom. The Labute approximate surface area is 133 Å². The van der Waals surface area contributed by atoms with Gasteiger partial charge in [0, 0.05) is 15.5 Å². The third-order valence-electron chi connectivity index (χ3n) is 2.74. The van der Waals surface area contributed by atoms with Crippen LogP contribution in [0.5, 0.6) is 0 Å². The van der Waals surface area contributed by atoms with Crippen LogP contribution in [0.15, 0.2) is 24.3 Å². The van der Waals surface area contributed by atoms with E-state index in [2.05, 4.69) is 0 Å². The van der Waals surface area contributed by atoms with Gasteiger partial charge in [-0.05, 0) is 45.4 Å². The van der Waals surface area contributed by atoms with Crippen molar-refractivity contribution in [2.45, 2.75) is 33.3 Å². The summed E-state index contributed by atoms with van der Waals surface area (Å²) in [6.07, 6.45) is 0. The normalized spacial score (nSPS) is 11.5. The fraction of sp³-hybridized carbons (Fsp3) is 0.312. The number of thiophene rings is 1. The standard InChI is InChI=1S/C16H18ClNO2S/c1-9-5-6-10(11(17)7-9)13-8-12(18)14(21-13)15(19)20-16(2,3)4/h5-8H,18H2,1-4H3. The summed E-state index contributed by atoms with van der Waals surface area (Å²) in [6.45, 7) is 7.45. The fourth-order valence-electron chi connectivity index (χ4n) is 1.84. The van der Waals surface area contributed by atoms with Crippen LogP contribution in [0.2, 0.25) is 5.02 Å². The molecule has 0 fully saturated rings. The first-order valence-corrected chi connectivity index (χ1v) is 7.76. The van der Waals surface area contributed by atoms with E-state index in [4.69, 9.17) is 22.1 Å². The molecule has 0 saturated carbocycles.